The molecule has 3 rings (SSSR count). The van der Waals surface area contributed by atoms with Gasteiger partial charge in [-0.3, -0.25) is 4.90 Å². The number of fused-ring (bicyclic) bond motifs is 1. The molecule has 0 saturated carbocycles. The van der Waals surface area contributed by atoms with Crippen LogP contribution in [-0.4, -0.2) is 40.7 Å². The van der Waals surface area contributed by atoms with Crippen molar-refractivity contribution in [2.24, 2.45) is 0 Å². The maximum Gasteiger partial charge on any atom is 0.414 e. The number of benzene rings is 2. The van der Waals surface area contributed by atoms with Gasteiger partial charge in [-0.1, -0.05) is 30.3 Å². The van der Waals surface area contributed by atoms with E-state index in [0.29, 0.717) is 0 Å². The summed E-state index contributed by atoms with van der Waals surface area (Å²) < 4.78 is 5.40. The molecular weight excluding hydrogens is 346 g/mol. The van der Waals surface area contributed by atoms with Gasteiger partial charge in [-0.2, -0.15) is 0 Å². The minimum atomic E-state index is -1.82. The van der Waals surface area contributed by atoms with E-state index >= 15 is 0 Å². The molecule has 0 spiro atoms. The number of hydrogen-bond acceptors (Lipinski definition) is 4. The number of ether oxygens (including phenoxy) is 1. The molecule has 0 aromatic heterocycles. The molecule has 0 unspecified atom stereocenters. The quantitative estimate of drug-likeness (QED) is 0.807. The largest absolute Gasteiger partial charge is 0.496 e. The zero-order valence-corrected chi connectivity index (χ0v) is 15.9. The fourth-order valence-corrected chi connectivity index (χ4v) is 3.17. The van der Waals surface area contributed by atoms with E-state index in [0.717, 1.165) is 31.8 Å². The van der Waals surface area contributed by atoms with Crippen molar-refractivity contribution in [2.75, 3.05) is 13.7 Å². The molecule has 6 nitrogen and oxygen atoms in total. The summed E-state index contributed by atoms with van der Waals surface area (Å²) in [5, 5.41) is 14.8. The van der Waals surface area contributed by atoms with E-state index in [1.165, 1.54) is 27.8 Å². The molecular formula is C21H25NO5. The molecule has 0 saturated heterocycles. The summed E-state index contributed by atoms with van der Waals surface area (Å²) in [4.78, 5) is 20.7. The molecule has 1 aliphatic rings. The average Bonchev–Trinajstić information content (AvgIpc) is 2.64. The molecule has 0 atom stereocenters. The molecule has 144 valence electrons. The highest BCUT2D eigenvalue weighted by Crippen LogP contribution is 2.25. The van der Waals surface area contributed by atoms with Gasteiger partial charge in [0.1, 0.15) is 5.75 Å². The molecule has 0 fully saturated rings. The lowest BCUT2D eigenvalue weighted by Gasteiger charge is -2.29. The number of carboxylic acids is 2. The van der Waals surface area contributed by atoms with E-state index in [-0.39, 0.29) is 0 Å². The van der Waals surface area contributed by atoms with Crippen LogP contribution in [0.25, 0.3) is 0 Å². The zero-order valence-electron chi connectivity index (χ0n) is 15.9. The molecule has 0 aliphatic carbocycles. The van der Waals surface area contributed by atoms with Crippen LogP contribution in [0.1, 0.15) is 27.8 Å². The lowest BCUT2D eigenvalue weighted by molar-refractivity contribution is -0.159. The summed E-state index contributed by atoms with van der Waals surface area (Å²) in [5.74, 6) is -2.66. The van der Waals surface area contributed by atoms with Gasteiger partial charge in [-0.05, 0) is 54.2 Å². The van der Waals surface area contributed by atoms with Crippen molar-refractivity contribution in [3.05, 3.63) is 64.2 Å². The van der Waals surface area contributed by atoms with Crippen molar-refractivity contribution in [3.63, 3.8) is 0 Å². The second-order valence-corrected chi connectivity index (χ2v) is 6.59. The van der Waals surface area contributed by atoms with E-state index in [2.05, 4.69) is 55.1 Å². The third-order valence-electron chi connectivity index (χ3n) is 4.64. The predicted molar refractivity (Wildman–Crippen MR) is 102 cm³/mol. The normalized spacial score (nSPS) is 13.1. The fraction of sp³-hybridized carbons (Fsp3) is 0.333. The van der Waals surface area contributed by atoms with E-state index in [1.807, 2.05) is 0 Å². The van der Waals surface area contributed by atoms with E-state index in [1.54, 1.807) is 7.11 Å². The van der Waals surface area contributed by atoms with Gasteiger partial charge < -0.3 is 14.9 Å². The van der Waals surface area contributed by atoms with Crippen molar-refractivity contribution >= 4 is 11.9 Å². The van der Waals surface area contributed by atoms with Gasteiger partial charge in [0.2, 0.25) is 0 Å². The van der Waals surface area contributed by atoms with Gasteiger partial charge in [0, 0.05) is 19.6 Å². The maximum atomic E-state index is 9.10. The number of hydrogen-bond donors (Lipinski definition) is 2. The van der Waals surface area contributed by atoms with Gasteiger partial charge in [-0.15, -0.1) is 0 Å². The smallest absolute Gasteiger partial charge is 0.414 e. The highest BCUT2D eigenvalue weighted by molar-refractivity contribution is 6.27. The summed E-state index contributed by atoms with van der Waals surface area (Å²) in [7, 11) is 1.74. The lowest BCUT2D eigenvalue weighted by Crippen LogP contribution is -2.30. The van der Waals surface area contributed by atoms with E-state index < -0.39 is 11.9 Å². The highest BCUT2D eigenvalue weighted by atomic mass is 16.5. The standard InChI is InChI=1S/C19H23NO.C2H2O4/c1-14-11-19(21-3)15(2)10-18(14)13-20-9-8-16-6-4-5-7-17(16)12-20;3-1(4)2(5)6/h4-7,10-11H,8-9,12-13H2,1-3H3;(H,3,4)(H,5,6). The number of carboxylic acid groups (broad SMARTS) is 2. The van der Waals surface area contributed by atoms with Gasteiger partial charge in [-0.25, -0.2) is 9.59 Å². The molecule has 0 amide bonds. The van der Waals surface area contributed by atoms with Crippen LogP contribution in [0.3, 0.4) is 0 Å². The summed E-state index contributed by atoms with van der Waals surface area (Å²) in [6.07, 6.45) is 1.16. The van der Waals surface area contributed by atoms with Crippen LogP contribution in [0.4, 0.5) is 0 Å². The summed E-state index contributed by atoms with van der Waals surface area (Å²) in [6, 6.07) is 13.2. The first kappa shape index (κ1) is 20.5. The van der Waals surface area contributed by atoms with E-state index in [4.69, 9.17) is 24.5 Å². The number of rotatable bonds is 3. The summed E-state index contributed by atoms with van der Waals surface area (Å²) >= 11 is 0. The van der Waals surface area contributed by atoms with E-state index in [9.17, 15) is 0 Å². The van der Waals surface area contributed by atoms with Gasteiger partial charge >= 0.3 is 11.9 Å². The Bertz CT molecular complexity index is 819. The van der Waals surface area contributed by atoms with Gasteiger partial charge in [0.25, 0.3) is 0 Å². The molecule has 0 radical (unpaired) electrons. The van der Waals surface area contributed by atoms with Crippen LogP contribution in [0.15, 0.2) is 36.4 Å². The van der Waals surface area contributed by atoms with Crippen LogP contribution in [-0.2, 0) is 29.1 Å². The fourth-order valence-electron chi connectivity index (χ4n) is 3.17. The Morgan fingerprint density at radius 1 is 1.04 bits per heavy atom. The van der Waals surface area contributed by atoms with Gasteiger partial charge in [0.15, 0.2) is 0 Å². The Kier molecular flexibility index (Phi) is 6.96. The Balaban J connectivity index is 0.000000380. The number of aryl methyl sites for hydroxylation is 2. The predicted octanol–water partition coefficient (Wildman–Crippen LogP) is 3.03. The first-order valence-electron chi connectivity index (χ1n) is 8.71. The average molecular weight is 371 g/mol. The Hall–Kier alpha value is -2.86. The molecule has 27 heavy (non-hydrogen) atoms. The van der Waals surface area contributed by atoms with Crippen LogP contribution in [0.2, 0.25) is 0 Å². The van der Waals surface area contributed by atoms with Gasteiger partial charge in [0.05, 0.1) is 7.11 Å². The lowest BCUT2D eigenvalue weighted by atomic mass is 9.98. The Morgan fingerprint density at radius 3 is 2.26 bits per heavy atom. The number of nitrogens with zero attached hydrogens (tertiary/aromatic N) is 1. The van der Waals surface area contributed by atoms with Crippen molar-refractivity contribution in [1.29, 1.82) is 0 Å². The third-order valence-corrected chi connectivity index (χ3v) is 4.64. The first-order valence-corrected chi connectivity index (χ1v) is 8.71. The van der Waals surface area contributed by atoms with Crippen molar-refractivity contribution in [3.8, 4) is 5.75 Å². The second kappa shape index (κ2) is 9.19. The molecule has 0 bridgehead atoms. The SMILES string of the molecule is COc1cc(C)c(CN2CCc3ccccc3C2)cc1C.O=C(O)C(=O)O. The molecule has 1 heterocycles. The number of methoxy groups -OCH3 is 1. The minimum Gasteiger partial charge on any atom is -0.496 e. The molecule has 2 N–H and O–H groups in total. The second-order valence-electron chi connectivity index (χ2n) is 6.59. The summed E-state index contributed by atoms with van der Waals surface area (Å²) in [6.45, 7) is 7.51. The Labute approximate surface area is 159 Å². The molecule has 2 aromatic carbocycles. The third kappa shape index (κ3) is 5.56. The monoisotopic (exact) mass is 371 g/mol. The van der Waals surface area contributed by atoms with Crippen LogP contribution in [0.5, 0.6) is 5.75 Å². The highest BCUT2D eigenvalue weighted by Gasteiger charge is 2.17. The molecule has 2 aromatic rings. The van der Waals surface area contributed by atoms with Crippen molar-refractivity contribution in [2.45, 2.75) is 33.4 Å². The number of carbonyl (C=O) groups is 2. The van der Waals surface area contributed by atoms with Crippen LogP contribution in [0, 0.1) is 13.8 Å². The number of aliphatic carboxylic acids is 2. The minimum absolute atomic E-state index is 0.986. The van der Waals surface area contributed by atoms with Crippen LogP contribution < -0.4 is 4.74 Å². The Morgan fingerprint density at radius 2 is 1.67 bits per heavy atom. The molecule has 1 aliphatic heterocycles. The summed E-state index contributed by atoms with van der Waals surface area (Å²) in [5.41, 5.74) is 6.93. The van der Waals surface area contributed by atoms with Crippen molar-refractivity contribution in [1.82, 2.24) is 4.90 Å². The van der Waals surface area contributed by atoms with Crippen molar-refractivity contribution < 1.29 is 24.5 Å². The van der Waals surface area contributed by atoms with Crippen LogP contribution >= 0.6 is 0 Å². The maximum absolute atomic E-state index is 9.10. The topological polar surface area (TPSA) is 87.1 Å². The molecule has 6 heteroatoms. The first-order chi connectivity index (χ1) is 12.8. The zero-order chi connectivity index (χ0) is 20.0.